The lowest BCUT2D eigenvalue weighted by atomic mass is 10.0. The number of carbonyl (C=O) groups excluding carboxylic acids is 1. The summed E-state index contributed by atoms with van der Waals surface area (Å²) in [6, 6.07) is -0.858. The first-order chi connectivity index (χ1) is 28.0. The lowest BCUT2D eigenvalue weighted by Gasteiger charge is -2.25. The molecule has 8 nitrogen and oxygen atoms in total. The van der Waals surface area contributed by atoms with E-state index in [0.717, 1.165) is 38.5 Å². The molecular formula is C49H98N2O6P+. The Morgan fingerprint density at radius 2 is 0.948 bits per heavy atom. The molecule has 1 unspecified atom stereocenters. The van der Waals surface area contributed by atoms with Gasteiger partial charge in [-0.3, -0.25) is 13.8 Å². The minimum atomic E-state index is -4.34. The Labute approximate surface area is 360 Å². The number of rotatable bonds is 45. The van der Waals surface area contributed by atoms with Crippen LogP contribution in [0.2, 0.25) is 0 Å². The third-order valence-corrected chi connectivity index (χ3v) is 12.2. The van der Waals surface area contributed by atoms with Gasteiger partial charge in [-0.25, -0.2) is 4.57 Å². The van der Waals surface area contributed by atoms with E-state index in [0.29, 0.717) is 17.4 Å². The van der Waals surface area contributed by atoms with Crippen LogP contribution in [0.25, 0.3) is 0 Å². The maximum absolute atomic E-state index is 12.9. The molecule has 0 saturated carbocycles. The van der Waals surface area contributed by atoms with Gasteiger partial charge in [0.1, 0.15) is 13.2 Å². The third-order valence-electron chi connectivity index (χ3n) is 11.2. The van der Waals surface area contributed by atoms with Crippen molar-refractivity contribution < 1.29 is 32.9 Å². The number of aliphatic hydroxyl groups excluding tert-OH is 1. The number of allylic oxidation sites excluding steroid dienone is 3. The maximum Gasteiger partial charge on any atom is 0.472 e. The number of hydrogen-bond donors (Lipinski definition) is 3. The monoisotopic (exact) mass is 842 g/mol. The smallest absolute Gasteiger partial charge is 0.387 e. The molecule has 344 valence electrons. The van der Waals surface area contributed by atoms with E-state index in [-0.39, 0.29) is 19.1 Å². The Hall–Kier alpha value is -1.02. The highest BCUT2D eigenvalue weighted by molar-refractivity contribution is 7.47. The van der Waals surface area contributed by atoms with E-state index >= 15 is 0 Å². The average molecular weight is 842 g/mol. The number of quaternary nitrogens is 1. The van der Waals surface area contributed by atoms with Gasteiger partial charge in [-0.1, -0.05) is 218 Å². The maximum atomic E-state index is 12.9. The van der Waals surface area contributed by atoms with Gasteiger partial charge in [-0.2, -0.15) is 0 Å². The Kier molecular flexibility index (Phi) is 40.6. The Balaban J connectivity index is 4.24. The van der Waals surface area contributed by atoms with E-state index in [4.69, 9.17) is 9.05 Å². The number of phosphoric acid groups is 1. The summed E-state index contributed by atoms with van der Waals surface area (Å²) in [5, 5.41) is 13.8. The van der Waals surface area contributed by atoms with Crippen molar-refractivity contribution in [2.45, 2.75) is 244 Å². The van der Waals surface area contributed by atoms with E-state index in [1.54, 1.807) is 6.08 Å². The largest absolute Gasteiger partial charge is 0.472 e. The van der Waals surface area contributed by atoms with Crippen LogP contribution in [0.5, 0.6) is 0 Å². The highest BCUT2D eigenvalue weighted by Crippen LogP contribution is 2.43. The number of amides is 1. The Morgan fingerprint density at radius 3 is 1.38 bits per heavy atom. The fourth-order valence-electron chi connectivity index (χ4n) is 7.23. The van der Waals surface area contributed by atoms with Gasteiger partial charge >= 0.3 is 7.82 Å². The minimum absolute atomic E-state index is 0.0583. The van der Waals surface area contributed by atoms with E-state index in [2.05, 4.69) is 31.3 Å². The fraction of sp³-hybridized carbons (Fsp3) is 0.898. The molecule has 0 saturated heterocycles. The minimum Gasteiger partial charge on any atom is -0.387 e. The van der Waals surface area contributed by atoms with Crippen molar-refractivity contribution >= 4 is 13.7 Å². The van der Waals surface area contributed by atoms with Gasteiger partial charge in [-0.05, 0) is 32.1 Å². The molecule has 3 atom stereocenters. The molecule has 0 aliphatic carbocycles. The second-order valence-corrected chi connectivity index (χ2v) is 19.6. The van der Waals surface area contributed by atoms with Crippen LogP contribution in [0, 0.1) is 0 Å². The Bertz CT molecular complexity index is 1000. The Morgan fingerprint density at radius 1 is 0.569 bits per heavy atom. The fourth-order valence-corrected chi connectivity index (χ4v) is 7.97. The van der Waals surface area contributed by atoms with E-state index < -0.39 is 20.0 Å². The van der Waals surface area contributed by atoms with E-state index in [9.17, 15) is 19.4 Å². The topological polar surface area (TPSA) is 105 Å². The van der Waals surface area contributed by atoms with Crippen LogP contribution in [0.15, 0.2) is 24.3 Å². The standard InChI is InChI=1S/C49H97N2O6P/c1-6-8-10-12-14-16-18-20-21-22-23-24-25-26-27-28-29-31-33-35-37-39-41-43-49(53)50-47(46-57-58(54,55)56-45-44-51(3,4)5)48(52)42-40-38-36-34-32-30-19-17-15-13-11-9-7-2/h32,34,40,42,47-48,52H,6-31,33,35-39,41,43-46H2,1-5H3,(H-,50,53,54,55)/p+1/b34-32+,42-40+/t47-,48+/m0/s1. The van der Waals surface area contributed by atoms with E-state index in [1.807, 2.05) is 27.2 Å². The van der Waals surface area contributed by atoms with E-state index in [1.165, 1.54) is 173 Å². The lowest BCUT2D eigenvalue weighted by molar-refractivity contribution is -0.870. The molecule has 0 bridgehead atoms. The molecule has 0 spiro atoms. The summed E-state index contributed by atoms with van der Waals surface area (Å²) < 4.78 is 23.6. The highest BCUT2D eigenvalue weighted by atomic mass is 31.2. The number of unbranched alkanes of at least 4 members (excludes halogenated alkanes) is 30. The SMILES string of the molecule is CCCCCCCCC/C=C/CC/C=C/[C@@H](O)[C@H](COP(=O)(O)OCC[N+](C)(C)C)NC(=O)CCCCCCCCCCCCCCCCCCCCCCCCC. The second-order valence-electron chi connectivity index (χ2n) is 18.2. The summed E-state index contributed by atoms with van der Waals surface area (Å²) in [5.74, 6) is -0.184. The van der Waals surface area contributed by atoms with Crippen molar-refractivity contribution in [3.05, 3.63) is 24.3 Å². The van der Waals surface area contributed by atoms with Crippen molar-refractivity contribution in [3.63, 3.8) is 0 Å². The van der Waals surface area contributed by atoms with Gasteiger partial charge in [0.25, 0.3) is 0 Å². The van der Waals surface area contributed by atoms with Crippen LogP contribution in [-0.2, 0) is 18.4 Å². The molecule has 3 N–H and O–H groups in total. The summed E-state index contributed by atoms with van der Waals surface area (Å²) in [5.41, 5.74) is 0. The van der Waals surface area contributed by atoms with Crippen LogP contribution in [0.1, 0.15) is 232 Å². The van der Waals surface area contributed by atoms with Crippen molar-refractivity contribution in [1.82, 2.24) is 5.32 Å². The highest BCUT2D eigenvalue weighted by Gasteiger charge is 2.27. The van der Waals surface area contributed by atoms with Crippen LogP contribution in [0.3, 0.4) is 0 Å². The van der Waals surface area contributed by atoms with Crippen LogP contribution >= 0.6 is 7.82 Å². The average Bonchev–Trinajstić information content (AvgIpc) is 3.17. The first kappa shape index (κ1) is 57.0. The van der Waals surface area contributed by atoms with Crippen molar-refractivity contribution in [3.8, 4) is 0 Å². The van der Waals surface area contributed by atoms with Crippen molar-refractivity contribution in [1.29, 1.82) is 0 Å². The summed E-state index contributed by atoms with van der Waals surface area (Å²) in [6.45, 7) is 4.80. The molecule has 0 aromatic heterocycles. The first-order valence-corrected chi connectivity index (χ1v) is 26.2. The number of likely N-dealkylation sites (N-methyl/N-ethyl adjacent to an activating group) is 1. The molecule has 9 heteroatoms. The van der Waals surface area contributed by atoms with Crippen LogP contribution < -0.4 is 5.32 Å². The van der Waals surface area contributed by atoms with Gasteiger partial charge in [0.2, 0.25) is 5.91 Å². The van der Waals surface area contributed by atoms with Gasteiger partial charge in [-0.15, -0.1) is 0 Å². The van der Waals surface area contributed by atoms with Gasteiger partial charge < -0.3 is 19.8 Å². The van der Waals surface area contributed by atoms with Crippen LogP contribution in [-0.4, -0.2) is 73.4 Å². The summed E-state index contributed by atoms with van der Waals surface area (Å²) in [4.78, 5) is 23.2. The van der Waals surface area contributed by atoms with Gasteiger partial charge in [0, 0.05) is 6.42 Å². The molecule has 0 fully saturated rings. The molecule has 0 aromatic carbocycles. The molecule has 1 amide bonds. The zero-order valence-electron chi connectivity index (χ0n) is 39.0. The summed E-state index contributed by atoms with van der Waals surface area (Å²) in [6.07, 6.45) is 49.8. The number of hydrogen-bond acceptors (Lipinski definition) is 5. The molecular weight excluding hydrogens is 744 g/mol. The van der Waals surface area contributed by atoms with Gasteiger partial charge in [0.05, 0.1) is 39.9 Å². The molecule has 0 aromatic rings. The first-order valence-electron chi connectivity index (χ1n) is 24.7. The zero-order valence-corrected chi connectivity index (χ0v) is 39.9. The molecule has 0 radical (unpaired) electrons. The normalized spacial score (nSPS) is 14.4. The molecule has 0 heterocycles. The molecule has 0 aliphatic rings. The quantitative estimate of drug-likeness (QED) is 0.0244. The number of carbonyl (C=O) groups is 1. The third kappa shape index (κ3) is 43.1. The summed E-state index contributed by atoms with van der Waals surface area (Å²) >= 11 is 0. The molecule has 0 aliphatic heterocycles. The predicted octanol–water partition coefficient (Wildman–Crippen LogP) is 14.1. The van der Waals surface area contributed by atoms with Crippen molar-refractivity contribution in [2.75, 3.05) is 40.9 Å². The number of phosphoric ester groups is 1. The van der Waals surface area contributed by atoms with Crippen LogP contribution in [0.4, 0.5) is 0 Å². The number of nitrogens with one attached hydrogen (secondary N) is 1. The number of nitrogens with zero attached hydrogens (tertiary/aromatic N) is 1. The predicted molar refractivity (Wildman–Crippen MR) is 249 cm³/mol. The number of aliphatic hydroxyl groups is 1. The molecule has 58 heavy (non-hydrogen) atoms. The van der Waals surface area contributed by atoms with Crippen molar-refractivity contribution in [2.24, 2.45) is 0 Å². The molecule has 0 rings (SSSR count). The second kappa shape index (κ2) is 41.3. The summed E-state index contributed by atoms with van der Waals surface area (Å²) in [7, 11) is 1.56. The van der Waals surface area contributed by atoms with Gasteiger partial charge in [0.15, 0.2) is 0 Å². The lowest BCUT2D eigenvalue weighted by Crippen LogP contribution is -2.45. The zero-order chi connectivity index (χ0) is 42.8.